The number of anilines is 2. The predicted molar refractivity (Wildman–Crippen MR) is 127 cm³/mol. The lowest BCUT2D eigenvalue weighted by molar-refractivity contribution is -0.274. The van der Waals surface area contributed by atoms with Crippen molar-refractivity contribution in [3.63, 3.8) is 0 Å². The van der Waals surface area contributed by atoms with Gasteiger partial charge in [0.25, 0.3) is 5.56 Å². The third-order valence-electron chi connectivity index (χ3n) is 6.04. The number of halogens is 3. The summed E-state index contributed by atoms with van der Waals surface area (Å²) in [5.74, 6) is -0.453. The second-order valence-electron chi connectivity index (χ2n) is 8.34. The molecule has 0 spiro atoms. The van der Waals surface area contributed by atoms with E-state index < -0.39 is 6.36 Å². The average molecular weight is 498 g/mol. The zero-order valence-electron chi connectivity index (χ0n) is 19.1. The van der Waals surface area contributed by atoms with Crippen LogP contribution in [0.5, 0.6) is 5.75 Å². The highest BCUT2D eigenvalue weighted by Crippen LogP contribution is 2.35. The van der Waals surface area contributed by atoms with Gasteiger partial charge in [-0.2, -0.15) is 10.2 Å². The second-order valence-corrected chi connectivity index (χ2v) is 8.34. The molecule has 1 amide bonds. The molecule has 0 bridgehead atoms. The lowest BCUT2D eigenvalue weighted by Gasteiger charge is -2.18. The van der Waals surface area contributed by atoms with Crippen LogP contribution < -0.4 is 20.9 Å². The Kier molecular flexibility index (Phi) is 5.65. The SMILES string of the molecule is CCn1nc(-c2ccc3c(c2)CCN3C(=O)Cc2cccc(OC(F)(F)F)c2)c2c(N)n[nH]c(=O)c21. The number of aromatic nitrogens is 4. The molecule has 0 unspecified atom stereocenters. The van der Waals surface area contributed by atoms with Gasteiger partial charge in [-0.05, 0) is 48.7 Å². The minimum absolute atomic E-state index is 0.0766. The zero-order valence-corrected chi connectivity index (χ0v) is 19.1. The largest absolute Gasteiger partial charge is 0.573 e. The fourth-order valence-electron chi connectivity index (χ4n) is 4.52. The molecule has 0 fully saturated rings. The lowest BCUT2D eigenvalue weighted by Crippen LogP contribution is -2.30. The van der Waals surface area contributed by atoms with Crippen molar-refractivity contribution in [2.24, 2.45) is 0 Å². The summed E-state index contributed by atoms with van der Waals surface area (Å²) in [5, 5.41) is 11.3. The van der Waals surface area contributed by atoms with Gasteiger partial charge < -0.3 is 15.4 Å². The number of nitrogen functional groups attached to an aromatic ring is 1. The van der Waals surface area contributed by atoms with Crippen molar-refractivity contribution < 1.29 is 22.7 Å². The molecule has 1 aliphatic rings. The maximum atomic E-state index is 13.0. The van der Waals surface area contributed by atoms with Crippen LogP contribution in [0.1, 0.15) is 18.1 Å². The number of alkyl halides is 3. The van der Waals surface area contributed by atoms with Gasteiger partial charge >= 0.3 is 6.36 Å². The summed E-state index contributed by atoms with van der Waals surface area (Å²) in [6.07, 6.45) is -4.29. The topological polar surface area (TPSA) is 119 Å². The molecule has 3 N–H and O–H groups in total. The Morgan fingerprint density at radius 3 is 2.78 bits per heavy atom. The van der Waals surface area contributed by atoms with Gasteiger partial charge in [-0.25, -0.2) is 5.10 Å². The molecule has 36 heavy (non-hydrogen) atoms. The van der Waals surface area contributed by atoms with Crippen LogP contribution in [-0.2, 0) is 24.2 Å². The smallest absolute Gasteiger partial charge is 0.406 e. The number of carbonyl (C=O) groups excluding carboxylic acids is 1. The highest BCUT2D eigenvalue weighted by molar-refractivity contribution is 6.01. The summed E-state index contributed by atoms with van der Waals surface area (Å²) >= 11 is 0. The molecule has 1 aliphatic heterocycles. The Bertz CT molecular complexity index is 1540. The van der Waals surface area contributed by atoms with Crippen molar-refractivity contribution in [1.82, 2.24) is 20.0 Å². The van der Waals surface area contributed by atoms with Crippen molar-refractivity contribution in [3.8, 4) is 17.0 Å². The number of nitrogens with one attached hydrogen (secondary N) is 1. The number of amides is 1. The van der Waals surface area contributed by atoms with E-state index in [0.717, 1.165) is 16.8 Å². The van der Waals surface area contributed by atoms with E-state index in [1.165, 1.54) is 18.2 Å². The Balaban J connectivity index is 1.42. The molecule has 186 valence electrons. The minimum Gasteiger partial charge on any atom is -0.406 e. The van der Waals surface area contributed by atoms with E-state index in [0.29, 0.717) is 41.7 Å². The monoisotopic (exact) mass is 498 g/mol. The molecule has 0 saturated carbocycles. The van der Waals surface area contributed by atoms with Crippen molar-refractivity contribution in [1.29, 1.82) is 0 Å². The van der Waals surface area contributed by atoms with Gasteiger partial charge in [-0.15, -0.1) is 13.2 Å². The Morgan fingerprint density at radius 1 is 1.22 bits per heavy atom. The molecular weight excluding hydrogens is 477 g/mol. The van der Waals surface area contributed by atoms with E-state index in [4.69, 9.17) is 5.73 Å². The third kappa shape index (κ3) is 4.25. The van der Waals surface area contributed by atoms with Gasteiger partial charge in [0, 0.05) is 24.3 Å². The molecule has 5 rings (SSSR count). The molecule has 3 heterocycles. The number of hydrogen-bond donors (Lipinski definition) is 2. The van der Waals surface area contributed by atoms with Crippen LogP contribution in [0.15, 0.2) is 47.3 Å². The Labute approximate surface area is 202 Å². The van der Waals surface area contributed by atoms with Gasteiger partial charge in [0.15, 0.2) is 5.82 Å². The quantitative estimate of drug-likeness (QED) is 0.435. The van der Waals surface area contributed by atoms with Crippen molar-refractivity contribution in [3.05, 3.63) is 63.9 Å². The highest BCUT2D eigenvalue weighted by Gasteiger charge is 2.31. The fraction of sp³-hybridized carbons (Fsp3) is 0.250. The number of H-pyrrole nitrogens is 1. The van der Waals surface area contributed by atoms with Gasteiger partial charge in [0.05, 0.1) is 11.8 Å². The van der Waals surface area contributed by atoms with Crippen molar-refractivity contribution in [2.75, 3.05) is 17.2 Å². The molecule has 9 nitrogen and oxygen atoms in total. The maximum Gasteiger partial charge on any atom is 0.573 e. The van der Waals surface area contributed by atoms with Gasteiger partial charge in [-0.1, -0.05) is 18.2 Å². The van der Waals surface area contributed by atoms with E-state index in [1.807, 2.05) is 13.0 Å². The minimum atomic E-state index is -4.80. The van der Waals surface area contributed by atoms with Crippen LogP contribution in [-0.4, -0.2) is 38.8 Å². The van der Waals surface area contributed by atoms with Crippen LogP contribution in [0.4, 0.5) is 24.7 Å². The number of fused-ring (bicyclic) bond motifs is 2. The number of ether oxygens (including phenoxy) is 1. The van der Waals surface area contributed by atoms with E-state index >= 15 is 0 Å². The number of nitrogens with zero attached hydrogens (tertiary/aromatic N) is 4. The normalized spacial score (nSPS) is 13.3. The molecule has 4 aromatic rings. The Morgan fingerprint density at radius 2 is 2.03 bits per heavy atom. The first-order valence-electron chi connectivity index (χ1n) is 11.2. The van der Waals surface area contributed by atoms with Gasteiger partial charge in [0.1, 0.15) is 17.0 Å². The van der Waals surface area contributed by atoms with Crippen LogP contribution in [0.3, 0.4) is 0 Å². The van der Waals surface area contributed by atoms with E-state index in [9.17, 15) is 22.8 Å². The molecule has 2 aromatic carbocycles. The first-order chi connectivity index (χ1) is 17.1. The number of carbonyl (C=O) groups is 1. The molecule has 0 atom stereocenters. The summed E-state index contributed by atoms with van der Waals surface area (Å²) in [5.41, 5.74) is 9.32. The average Bonchev–Trinajstić information content (AvgIpc) is 3.42. The summed E-state index contributed by atoms with van der Waals surface area (Å²) in [7, 11) is 0. The van der Waals surface area contributed by atoms with Crippen molar-refractivity contribution >= 4 is 28.3 Å². The third-order valence-corrected chi connectivity index (χ3v) is 6.04. The summed E-state index contributed by atoms with van der Waals surface area (Å²) in [4.78, 5) is 27.0. The summed E-state index contributed by atoms with van der Waals surface area (Å²) < 4.78 is 43.1. The first-order valence-corrected chi connectivity index (χ1v) is 11.2. The molecule has 2 aromatic heterocycles. The number of aromatic amines is 1. The van der Waals surface area contributed by atoms with Crippen molar-refractivity contribution in [2.45, 2.75) is 32.7 Å². The number of aryl methyl sites for hydroxylation is 1. The number of benzene rings is 2. The van der Waals surface area contributed by atoms with E-state index in [-0.39, 0.29) is 29.5 Å². The maximum absolute atomic E-state index is 13.0. The second kappa shape index (κ2) is 8.70. The first kappa shape index (κ1) is 23.4. The molecule has 0 saturated heterocycles. The molecule has 12 heteroatoms. The Hall–Kier alpha value is -4.35. The van der Waals surface area contributed by atoms with Crippen LogP contribution in [0.25, 0.3) is 22.2 Å². The standard InChI is InChI=1S/C24H21F3N6O3/c1-2-33-21-19(22(28)29-30-23(21)35)20(31-33)15-6-7-17-14(12-15)8-9-32(17)18(34)11-13-4-3-5-16(10-13)36-24(25,26)27/h3-7,10,12H,2,8-9,11H2,1H3,(H2,28,29)(H,30,35). The molecule has 0 radical (unpaired) electrons. The zero-order chi connectivity index (χ0) is 25.6. The van der Waals surface area contributed by atoms with Gasteiger partial charge in [0.2, 0.25) is 5.91 Å². The summed E-state index contributed by atoms with van der Waals surface area (Å²) in [6, 6.07) is 10.9. The van der Waals surface area contributed by atoms with Crippen LogP contribution in [0, 0.1) is 0 Å². The fourth-order valence-corrected chi connectivity index (χ4v) is 4.52. The molecule has 0 aliphatic carbocycles. The van der Waals surface area contributed by atoms with E-state index in [1.54, 1.807) is 27.8 Å². The summed E-state index contributed by atoms with van der Waals surface area (Å²) in [6.45, 7) is 2.76. The lowest BCUT2D eigenvalue weighted by atomic mass is 10.0. The van der Waals surface area contributed by atoms with E-state index in [2.05, 4.69) is 20.0 Å². The number of rotatable bonds is 5. The number of hydrogen-bond acceptors (Lipinski definition) is 6. The molecular formula is C24H21F3N6O3. The highest BCUT2D eigenvalue weighted by atomic mass is 19.4. The van der Waals surface area contributed by atoms with Crippen LogP contribution in [0.2, 0.25) is 0 Å². The number of nitrogens with two attached hydrogens (primary N) is 1. The van der Waals surface area contributed by atoms with Gasteiger partial charge in [-0.3, -0.25) is 14.3 Å². The van der Waals surface area contributed by atoms with Crippen LogP contribution >= 0.6 is 0 Å². The predicted octanol–water partition coefficient (Wildman–Crippen LogP) is 3.42.